The third-order valence-corrected chi connectivity index (χ3v) is 6.99. The molecule has 2 aromatic heterocycles. The maximum absolute atomic E-state index is 14.1. The quantitative estimate of drug-likeness (QED) is 0.226. The van der Waals surface area contributed by atoms with Crippen LogP contribution in [0.3, 0.4) is 0 Å². The molecule has 0 unspecified atom stereocenters. The Kier molecular flexibility index (Phi) is 6.60. The number of hydrogen-bond donors (Lipinski definition) is 0. The van der Waals surface area contributed by atoms with Gasteiger partial charge in [0.05, 0.1) is 36.8 Å². The molecule has 3 aromatic carbocycles. The maximum Gasteiger partial charge on any atom is 0.162 e. The summed E-state index contributed by atoms with van der Waals surface area (Å²) in [7, 11) is 3.21. The zero-order valence-electron chi connectivity index (χ0n) is 21.3. The third-order valence-electron chi connectivity index (χ3n) is 5.98. The molecule has 5 aromatic rings. The van der Waals surface area contributed by atoms with Crippen LogP contribution in [0.5, 0.6) is 11.5 Å². The number of nitrogens with zero attached hydrogens (tertiary/aromatic N) is 4. The fourth-order valence-corrected chi connectivity index (χ4v) is 4.96. The molecule has 0 atom stereocenters. The first-order valence-electron chi connectivity index (χ1n) is 11.8. The molecular weight excluding hydrogens is 487 g/mol. The number of aromatic nitrogens is 4. The minimum Gasteiger partial charge on any atom is -0.493 e. The SMILES string of the molecule is COc1cc2ncnc(Sc3cccc(-c4cc(C(C)(C)C)nn4-c4cccc(F)c4)c3)c2cc1OC. The molecule has 2 heterocycles. The molecule has 0 radical (unpaired) electrons. The van der Waals surface area contributed by atoms with Crippen molar-refractivity contribution in [2.45, 2.75) is 36.1 Å². The highest BCUT2D eigenvalue weighted by molar-refractivity contribution is 7.99. The molecule has 5 rings (SSSR count). The molecule has 0 saturated carbocycles. The molecule has 0 aliphatic carbocycles. The zero-order valence-corrected chi connectivity index (χ0v) is 22.1. The van der Waals surface area contributed by atoms with Crippen LogP contribution in [0.15, 0.2) is 83.0 Å². The molecule has 0 bridgehead atoms. The molecule has 0 saturated heterocycles. The summed E-state index contributed by atoms with van der Waals surface area (Å²) in [6, 6.07) is 20.5. The average Bonchev–Trinajstić information content (AvgIpc) is 3.35. The normalized spacial score (nSPS) is 11.6. The van der Waals surface area contributed by atoms with Crippen molar-refractivity contribution in [1.29, 1.82) is 0 Å². The van der Waals surface area contributed by atoms with Crippen molar-refractivity contribution in [2.75, 3.05) is 14.2 Å². The van der Waals surface area contributed by atoms with E-state index in [0.29, 0.717) is 17.2 Å². The van der Waals surface area contributed by atoms with Crippen molar-refractivity contribution in [3.05, 3.63) is 84.6 Å². The highest BCUT2D eigenvalue weighted by Gasteiger charge is 2.22. The van der Waals surface area contributed by atoms with Gasteiger partial charge in [0.25, 0.3) is 0 Å². The lowest BCUT2D eigenvalue weighted by Gasteiger charge is -2.14. The van der Waals surface area contributed by atoms with Crippen molar-refractivity contribution < 1.29 is 13.9 Å². The van der Waals surface area contributed by atoms with Crippen molar-refractivity contribution in [1.82, 2.24) is 19.7 Å². The van der Waals surface area contributed by atoms with E-state index in [-0.39, 0.29) is 11.2 Å². The minimum absolute atomic E-state index is 0.167. The summed E-state index contributed by atoms with van der Waals surface area (Å²) in [5.74, 6) is 0.935. The Morgan fingerprint density at radius 2 is 1.62 bits per heavy atom. The van der Waals surface area contributed by atoms with E-state index in [1.807, 2.05) is 41.1 Å². The van der Waals surface area contributed by atoms with Crippen LogP contribution in [0, 0.1) is 5.82 Å². The van der Waals surface area contributed by atoms with Crippen molar-refractivity contribution >= 4 is 22.7 Å². The maximum atomic E-state index is 14.1. The van der Waals surface area contributed by atoms with Gasteiger partial charge in [0, 0.05) is 27.3 Å². The number of hydrogen-bond acceptors (Lipinski definition) is 6. The molecule has 6 nitrogen and oxygen atoms in total. The van der Waals surface area contributed by atoms with E-state index in [4.69, 9.17) is 14.6 Å². The van der Waals surface area contributed by atoms with E-state index >= 15 is 0 Å². The fourth-order valence-electron chi connectivity index (χ4n) is 4.03. The second-order valence-corrected chi connectivity index (χ2v) is 10.7. The van der Waals surface area contributed by atoms with E-state index in [1.165, 1.54) is 23.9 Å². The van der Waals surface area contributed by atoms with Gasteiger partial charge in [-0.2, -0.15) is 5.10 Å². The summed E-state index contributed by atoms with van der Waals surface area (Å²) in [6.07, 6.45) is 1.55. The summed E-state index contributed by atoms with van der Waals surface area (Å²) in [4.78, 5) is 9.95. The summed E-state index contributed by atoms with van der Waals surface area (Å²) in [5.41, 5.74) is 4.05. The molecule has 188 valence electrons. The monoisotopic (exact) mass is 514 g/mol. The molecule has 0 N–H and O–H groups in total. The third kappa shape index (κ3) is 5.02. The van der Waals surface area contributed by atoms with Gasteiger partial charge < -0.3 is 9.47 Å². The first-order valence-corrected chi connectivity index (χ1v) is 12.6. The van der Waals surface area contributed by atoms with Crippen LogP contribution in [0.25, 0.3) is 27.8 Å². The number of benzene rings is 3. The number of ether oxygens (including phenoxy) is 2. The van der Waals surface area contributed by atoms with Gasteiger partial charge >= 0.3 is 0 Å². The van der Waals surface area contributed by atoms with Crippen LogP contribution >= 0.6 is 11.8 Å². The molecule has 0 aliphatic heterocycles. The minimum atomic E-state index is -0.303. The van der Waals surface area contributed by atoms with Gasteiger partial charge in [-0.25, -0.2) is 19.0 Å². The van der Waals surface area contributed by atoms with Crippen molar-refractivity contribution in [3.8, 4) is 28.4 Å². The highest BCUT2D eigenvalue weighted by atomic mass is 32.2. The van der Waals surface area contributed by atoms with Gasteiger partial charge in [0.15, 0.2) is 11.5 Å². The highest BCUT2D eigenvalue weighted by Crippen LogP contribution is 2.38. The van der Waals surface area contributed by atoms with Gasteiger partial charge in [-0.1, -0.05) is 50.7 Å². The van der Waals surface area contributed by atoms with Gasteiger partial charge in [-0.15, -0.1) is 0 Å². The van der Waals surface area contributed by atoms with Crippen LogP contribution in [-0.4, -0.2) is 34.0 Å². The van der Waals surface area contributed by atoms with Crippen LogP contribution in [0.1, 0.15) is 26.5 Å². The number of fused-ring (bicyclic) bond motifs is 1. The molecular formula is C29H27FN4O2S. The van der Waals surface area contributed by atoms with E-state index in [0.717, 1.165) is 37.8 Å². The molecule has 37 heavy (non-hydrogen) atoms. The van der Waals surface area contributed by atoms with Gasteiger partial charge in [0.1, 0.15) is 17.2 Å². The topological polar surface area (TPSA) is 62.1 Å². The van der Waals surface area contributed by atoms with E-state index in [1.54, 1.807) is 26.6 Å². The molecule has 0 fully saturated rings. The summed E-state index contributed by atoms with van der Waals surface area (Å²) in [5, 5.41) is 6.53. The van der Waals surface area contributed by atoms with Crippen LogP contribution < -0.4 is 9.47 Å². The Balaban J connectivity index is 1.58. The molecule has 0 amide bonds. The standard InChI is InChI=1S/C29H27FN4O2S/c1-29(2,3)27-16-24(34(33-27)20-10-7-9-19(30)13-20)18-8-6-11-21(12-18)37-28-22-14-25(35-4)26(36-5)15-23(22)31-17-32-28/h6-17H,1-5H3. The van der Waals surface area contributed by atoms with Gasteiger partial charge in [-0.3, -0.25) is 0 Å². The number of rotatable bonds is 6. The molecule has 0 aliphatic rings. The zero-order chi connectivity index (χ0) is 26.2. The van der Waals surface area contributed by atoms with E-state index < -0.39 is 0 Å². The summed E-state index contributed by atoms with van der Waals surface area (Å²) >= 11 is 1.54. The Hall–Kier alpha value is -3.91. The average molecular weight is 515 g/mol. The van der Waals surface area contributed by atoms with E-state index in [2.05, 4.69) is 42.9 Å². The smallest absolute Gasteiger partial charge is 0.162 e. The summed E-state index contributed by atoms with van der Waals surface area (Å²) in [6.45, 7) is 6.35. The second-order valence-electron chi connectivity index (χ2n) is 9.59. The molecule has 0 spiro atoms. The largest absolute Gasteiger partial charge is 0.493 e. The number of halogens is 1. The Bertz CT molecular complexity index is 1590. The Morgan fingerprint density at radius 1 is 0.865 bits per heavy atom. The lowest BCUT2D eigenvalue weighted by atomic mass is 9.92. The second kappa shape index (κ2) is 9.86. The lowest BCUT2D eigenvalue weighted by Crippen LogP contribution is -2.12. The van der Waals surface area contributed by atoms with Crippen LogP contribution in [-0.2, 0) is 5.41 Å². The predicted molar refractivity (Wildman–Crippen MR) is 144 cm³/mol. The lowest BCUT2D eigenvalue weighted by molar-refractivity contribution is 0.355. The van der Waals surface area contributed by atoms with Gasteiger partial charge in [-0.05, 0) is 42.5 Å². The summed E-state index contributed by atoms with van der Waals surface area (Å²) < 4.78 is 26.8. The Labute approximate surface area is 219 Å². The van der Waals surface area contributed by atoms with Crippen LogP contribution in [0.4, 0.5) is 4.39 Å². The van der Waals surface area contributed by atoms with Crippen molar-refractivity contribution in [2.24, 2.45) is 0 Å². The molecule has 8 heteroatoms. The first-order chi connectivity index (χ1) is 17.8. The van der Waals surface area contributed by atoms with E-state index in [9.17, 15) is 4.39 Å². The van der Waals surface area contributed by atoms with Gasteiger partial charge in [0.2, 0.25) is 0 Å². The van der Waals surface area contributed by atoms with Crippen molar-refractivity contribution in [3.63, 3.8) is 0 Å². The predicted octanol–water partition coefficient (Wildman–Crippen LogP) is 7.09. The first kappa shape index (κ1) is 24.8. The number of methoxy groups -OCH3 is 2. The fraction of sp³-hybridized carbons (Fsp3) is 0.207. The Morgan fingerprint density at radius 3 is 2.35 bits per heavy atom. The van der Waals surface area contributed by atoms with Crippen LogP contribution in [0.2, 0.25) is 0 Å².